The maximum atomic E-state index is 12.6. The van der Waals surface area contributed by atoms with Crippen LogP contribution in [-0.4, -0.2) is 29.1 Å². The number of rotatable bonds is 5. The molecule has 0 amide bonds. The quantitative estimate of drug-likeness (QED) is 0.828. The number of hydrogen-bond donors (Lipinski definition) is 2. The van der Waals surface area contributed by atoms with Gasteiger partial charge in [-0.3, -0.25) is 0 Å². The molecule has 0 bridgehead atoms. The van der Waals surface area contributed by atoms with Crippen LogP contribution in [0.3, 0.4) is 0 Å². The van der Waals surface area contributed by atoms with Crippen LogP contribution < -0.4 is 10.6 Å². The van der Waals surface area contributed by atoms with Crippen molar-refractivity contribution in [3.63, 3.8) is 0 Å². The largest absolute Gasteiger partial charge is 0.368 e. The summed E-state index contributed by atoms with van der Waals surface area (Å²) in [5.41, 5.74) is -0.271. The van der Waals surface area contributed by atoms with Gasteiger partial charge in [0.2, 0.25) is 0 Å². The average molecular weight is 242 g/mol. The molecular weight excluding hydrogens is 226 g/mol. The second kappa shape index (κ2) is 5.86. The van der Waals surface area contributed by atoms with Gasteiger partial charge in [0.25, 0.3) is 6.43 Å². The normalized spacial score (nSPS) is 19.8. The monoisotopic (exact) mass is 242 g/mol. The van der Waals surface area contributed by atoms with Crippen molar-refractivity contribution in [3.8, 4) is 0 Å². The Balaban J connectivity index is 1.85. The van der Waals surface area contributed by atoms with Gasteiger partial charge in [-0.2, -0.15) is 0 Å². The molecule has 94 valence electrons. The molecule has 2 N–H and O–H groups in total. The molecular formula is C11H16F2N4. The number of hydrogen-bond acceptors (Lipinski definition) is 4. The van der Waals surface area contributed by atoms with Crippen LogP contribution in [0.1, 0.15) is 31.4 Å². The Morgan fingerprint density at radius 1 is 1.41 bits per heavy atom. The lowest BCUT2D eigenvalue weighted by atomic mass is 10.1. The van der Waals surface area contributed by atoms with Gasteiger partial charge in [0.1, 0.15) is 5.69 Å². The molecule has 1 aromatic rings. The van der Waals surface area contributed by atoms with Gasteiger partial charge in [0, 0.05) is 25.0 Å². The molecule has 0 aromatic carbocycles. The first kappa shape index (κ1) is 12.2. The lowest BCUT2D eigenvalue weighted by Crippen LogP contribution is -2.24. The molecule has 1 aromatic heterocycles. The molecule has 0 unspecified atom stereocenters. The first-order chi connectivity index (χ1) is 8.27. The Kier molecular flexibility index (Phi) is 4.19. The molecule has 0 radical (unpaired) electrons. The summed E-state index contributed by atoms with van der Waals surface area (Å²) in [7, 11) is 0. The van der Waals surface area contributed by atoms with E-state index in [0.29, 0.717) is 12.6 Å². The molecule has 4 nitrogen and oxygen atoms in total. The standard InChI is InChI=1S/C11H16F2N4/c12-10(13)9-11(17-7-6-15-9)16-5-3-8-2-1-4-14-8/h6-8,10,14H,1-5H2,(H,16,17)/t8-/m1/s1. The maximum Gasteiger partial charge on any atom is 0.283 e. The smallest absolute Gasteiger partial charge is 0.283 e. The van der Waals surface area contributed by atoms with E-state index in [-0.39, 0.29) is 11.5 Å². The number of nitrogens with one attached hydrogen (secondary N) is 2. The predicted octanol–water partition coefficient (Wildman–Crippen LogP) is 1.97. The Bertz CT molecular complexity index is 353. The van der Waals surface area contributed by atoms with Crippen LogP contribution in [-0.2, 0) is 0 Å². The van der Waals surface area contributed by atoms with Crippen molar-refractivity contribution in [1.82, 2.24) is 15.3 Å². The third kappa shape index (κ3) is 3.33. The third-order valence-electron chi connectivity index (χ3n) is 2.88. The first-order valence-corrected chi connectivity index (χ1v) is 5.83. The molecule has 0 saturated carbocycles. The molecule has 1 fully saturated rings. The van der Waals surface area contributed by atoms with Crippen LogP contribution >= 0.6 is 0 Å². The minimum absolute atomic E-state index is 0.195. The summed E-state index contributed by atoms with van der Waals surface area (Å²) in [6, 6.07) is 0.495. The van der Waals surface area contributed by atoms with E-state index >= 15 is 0 Å². The van der Waals surface area contributed by atoms with E-state index in [2.05, 4.69) is 20.6 Å². The number of alkyl halides is 2. The fourth-order valence-corrected chi connectivity index (χ4v) is 2.01. The van der Waals surface area contributed by atoms with Crippen molar-refractivity contribution in [1.29, 1.82) is 0 Å². The van der Waals surface area contributed by atoms with Crippen molar-refractivity contribution in [2.24, 2.45) is 0 Å². The number of anilines is 1. The topological polar surface area (TPSA) is 49.8 Å². The second-order valence-electron chi connectivity index (χ2n) is 4.10. The number of nitrogens with zero attached hydrogens (tertiary/aromatic N) is 2. The molecule has 2 rings (SSSR count). The number of aromatic nitrogens is 2. The van der Waals surface area contributed by atoms with Gasteiger partial charge in [-0.25, -0.2) is 18.7 Å². The van der Waals surface area contributed by atoms with E-state index in [4.69, 9.17) is 0 Å². The zero-order valence-corrected chi connectivity index (χ0v) is 9.50. The zero-order valence-electron chi connectivity index (χ0n) is 9.50. The summed E-state index contributed by atoms with van der Waals surface area (Å²) in [6.45, 7) is 1.69. The van der Waals surface area contributed by atoms with Gasteiger partial charge in [0.15, 0.2) is 5.82 Å². The third-order valence-corrected chi connectivity index (χ3v) is 2.88. The van der Waals surface area contributed by atoms with E-state index < -0.39 is 6.43 Å². The van der Waals surface area contributed by atoms with Crippen molar-refractivity contribution >= 4 is 5.82 Å². The highest BCUT2D eigenvalue weighted by Crippen LogP contribution is 2.22. The lowest BCUT2D eigenvalue weighted by Gasteiger charge is -2.12. The van der Waals surface area contributed by atoms with Gasteiger partial charge >= 0.3 is 0 Å². The molecule has 6 heteroatoms. The van der Waals surface area contributed by atoms with E-state index in [0.717, 1.165) is 19.4 Å². The highest BCUT2D eigenvalue weighted by atomic mass is 19.3. The van der Waals surface area contributed by atoms with Crippen LogP contribution in [0.2, 0.25) is 0 Å². The van der Waals surface area contributed by atoms with Gasteiger partial charge < -0.3 is 10.6 Å². The minimum atomic E-state index is -2.59. The summed E-state index contributed by atoms with van der Waals surface area (Å²) in [5, 5.41) is 6.28. The molecule has 1 aliphatic rings. The van der Waals surface area contributed by atoms with Gasteiger partial charge in [-0.15, -0.1) is 0 Å². The van der Waals surface area contributed by atoms with E-state index in [1.54, 1.807) is 0 Å². The van der Waals surface area contributed by atoms with Gasteiger partial charge in [0.05, 0.1) is 0 Å². The average Bonchev–Trinajstić information content (AvgIpc) is 2.82. The number of halogens is 2. The van der Waals surface area contributed by atoms with Crippen molar-refractivity contribution in [2.75, 3.05) is 18.4 Å². The Morgan fingerprint density at radius 3 is 2.94 bits per heavy atom. The summed E-state index contributed by atoms with van der Waals surface area (Å²) in [6.07, 6.45) is 3.38. The Labute approximate surface area is 98.9 Å². The molecule has 0 aliphatic carbocycles. The summed E-state index contributed by atoms with van der Waals surface area (Å²) in [5.74, 6) is 0.195. The lowest BCUT2D eigenvalue weighted by molar-refractivity contribution is 0.146. The molecule has 2 heterocycles. The van der Waals surface area contributed by atoms with Crippen LogP contribution in [0, 0.1) is 0 Å². The highest BCUT2D eigenvalue weighted by Gasteiger charge is 2.16. The molecule has 1 saturated heterocycles. The summed E-state index contributed by atoms with van der Waals surface area (Å²) >= 11 is 0. The Morgan fingerprint density at radius 2 is 2.24 bits per heavy atom. The molecule has 1 aliphatic heterocycles. The molecule has 17 heavy (non-hydrogen) atoms. The molecule has 0 spiro atoms. The SMILES string of the molecule is FC(F)c1nccnc1NCC[C@H]1CCCN1. The first-order valence-electron chi connectivity index (χ1n) is 5.83. The zero-order chi connectivity index (χ0) is 12.1. The highest BCUT2D eigenvalue weighted by molar-refractivity contribution is 5.39. The van der Waals surface area contributed by atoms with Crippen LogP contribution in [0.25, 0.3) is 0 Å². The van der Waals surface area contributed by atoms with E-state index in [9.17, 15) is 8.78 Å². The van der Waals surface area contributed by atoms with E-state index in [1.165, 1.54) is 18.8 Å². The van der Waals surface area contributed by atoms with Crippen molar-refractivity contribution < 1.29 is 8.78 Å². The summed E-state index contributed by atoms with van der Waals surface area (Å²) < 4.78 is 25.2. The summed E-state index contributed by atoms with van der Waals surface area (Å²) in [4.78, 5) is 7.53. The predicted molar refractivity (Wildman–Crippen MR) is 61.1 cm³/mol. The minimum Gasteiger partial charge on any atom is -0.368 e. The maximum absolute atomic E-state index is 12.6. The van der Waals surface area contributed by atoms with Gasteiger partial charge in [-0.1, -0.05) is 0 Å². The fraction of sp³-hybridized carbons (Fsp3) is 0.636. The second-order valence-corrected chi connectivity index (χ2v) is 4.10. The van der Waals surface area contributed by atoms with Crippen molar-refractivity contribution in [3.05, 3.63) is 18.1 Å². The fourth-order valence-electron chi connectivity index (χ4n) is 2.01. The van der Waals surface area contributed by atoms with Crippen LogP contribution in [0.5, 0.6) is 0 Å². The van der Waals surface area contributed by atoms with Crippen LogP contribution in [0.4, 0.5) is 14.6 Å². The Hall–Kier alpha value is -1.30. The van der Waals surface area contributed by atoms with E-state index in [1.807, 2.05) is 0 Å². The molecule has 1 atom stereocenters. The van der Waals surface area contributed by atoms with Gasteiger partial charge in [-0.05, 0) is 25.8 Å². The van der Waals surface area contributed by atoms with Crippen LogP contribution in [0.15, 0.2) is 12.4 Å². The van der Waals surface area contributed by atoms with Crippen molar-refractivity contribution in [2.45, 2.75) is 31.7 Å².